The van der Waals surface area contributed by atoms with Gasteiger partial charge in [0, 0.05) is 19.3 Å². The van der Waals surface area contributed by atoms with Gasteiger partial charge in [0.1, 0.15) is 6.61 Å². The molecule has 2 unspecified atom stereocenters. The van der Waals surface area contributed by atoms with Crippen molar-refractivity contribution in [3.8, 4) is 0 Å². The zero-order valence-electron chi connectivity index (χ0n) is 31.5. The third-order valence-electron chi connectivity index (χ3n) is 7.26. The van der Waals surface area contributed by atoms with Gasteiger partial charge in [0.05, 0.1) is 34.4 Å². The SMILES string of the molecule is CC/C=C\C/C=C\C/C=C\C/C=C\CCC(=O)OCC(COCCC(C(=O)O)[N+](C)(C)C)OC(=O)CC/C=C\C/C=C\C/C=C\C/C=C\CC. The number of esters is 2. The highest BCUT2D eigenvalue weighted by Crippen LogP contribution is 2.10. The summed E-state index contributed by atoms with van der Waals surface area (Å²) >= 11 is 0. The molecular formula is C42H66NO7+. The number of quaternary nitrogens is 1. The van der Waals surface area contributed by atoms with Crippen LogP contribution < -0.4 is 0 Å². The Morgan fingerprint density at radius 2 is 0.980 bits per heavy atom. The van der Waals surface area contributed by atoms with Gasteiger partial charge in [0.2, 0.25) is 0 Å². The molecule has 8 nitrogen and oxygen atoms in total. The molecule has 0 saturated carbocycles. The van der Waals surface area contributed by atoms with Crippen molar-refractivity contribution in [2.45, 2.75) is 109 Å². The average Bonchev–Trinajstić information content (AvgIpc) is 3.06. The molecule has 0 aromatic heterocycles. The van der Waals surface area contributed by atoms with Crippen LogP contribution in [0.25, 0.3) is 0 Å². The zero-order valence-corrected chi connectivity index (χ0v) is 31.5. The summed E-state index contributed by atoms with van der Waals surface area (Å²) in [5.41, 5.74) is 0. The Balaban J connectivity index is 4.69. The van der Waals surface area contributed by atoms with Gasteiger partial charge in [-0.05, 0) is 64.2 Å². The Kier molecular flexibility index (Phi) is 30.0. The van der Waals surface area contributed by atoms with E-state index in [1.807, 2.05) is 45.4 Å². The lowest BCUT2D eigenvalue weighted by atomic mass is 10.1. The number of hydrogen-bond donors (Lipinski definition) is 1. The summed E-state index contributed by atoms with van der Waals surface area (Å²) in [6.45, 7) is 4.29. The first-order chi connectivity index (χ1) is 24.1. The summed E-state index contributed by atoms with van der Waals surface area (Å²) in [5, 5.41) is 9.57. The molecule has 280 valence electrons. The lowest BCUT2D eigenvalue weighted by Crippen LogP contribution is -2.50. The molecule has 0 spiro atoms. The molecule has 0 bridgehead atoms. The maximum Gasteiger partial charge on any atom is 0.362 e. The molecule has 0 aromatic rings. The molecule has 0 heterocycles. The molecule has 50 heavy (non-hydrogen) atoms. The van der Waals surface area contributed by atoms with Crippen LogP contribution in [-0.4, -0.2) is 80.6 Å². The number of aliphatic carboxylic acids is 1. The predicted molar refractivity (Wildman–Crippen MR) is 206 cm³/mol. The maximum absolute atomic E-state index is 12.6. The number of ether oxygens (including phenoxy) is 3. The number of carboxylic acids is 1. The van der Waals surface area contributed by atoms with Crippen molar-refractivity contribution in [1.82, 2.24) is 0 Å². The first kappa shape index (κ1) is 46.2. The van der Waals surface area contributed by atoms with Crippen LogP contribution in [0.4, 0.5) is 0 Å². The lowest BCUT2D eigenvalue weighted by molar-refractivity contribution is -0.887. The first-order valence-electron chi connectivity index (χ1n) is 18.3. The van der Waals surface area contributed by atoms with E-state index in [1.54, 1.807) is 0 Å². The van der Waals surface area contributed by atoms with Gasteiger partial charge in [0.25, 0.3) is 0 Å². The van der Waals surface area contributed by atoms with Crippen molar-refractivity contribution in [3.63, 3.8) is 0 Å². The van der Waals surface area contributed by atoms with Gasteiger partial charge in [-0.1, -0.05) is 111 Å². The van der Waals surface area contributed by atoms with Crippen LogP contribution >= 0.6 is 0 Å². The summed E-state index contributed by atoms with van der Waals surface area (Å²) in [6, 6.07) is -0.640. The van der Waals surface area contributed by atoms with Gasteiger partial charge >= 0.3 is 17.9 Å². The van der Waals surface area contributed by atoms with Crippen LogP contribution in [0.3, 0.4) is 0 Å². The Hall–Kier alpha value is -3.75. The largest absolute Gasteiger partial charge is 0.477 e. The highest BCUT2D eigenvalue weighted by atomic mass is 16.6. The standard InChI is InChI=1S/C42H65NO7/c1-6-8-10-12-14-16-18-20-22-24-26-28-30-32-40(44)49-37-38(36-48-35-34-39(42(46)47)43(3,4)5)50-41(45)33-31-29-27-25-23-21-19-17-15-13-11-9-7-2/h8-11,14-17,20-23,26-29,38-39H,6-7,12-13,18-19,24-25,30-37H2,1-5H3/p+1/b10-8-,11-9-,16-14-,17-15-,22-20-,23-21-,28-26-,29-27-. The third kappa shape index (κ3) is 30.3. The third-order valence-corrected chi connectivity index (χ3v) is 7.26. The summed E-state index contributed by atoms with van der Waals surface area (Å²) in [7, 11) is 5.45. The van der Waals surface area contributed by atoms with Crippen molar-refractivity contribution in [3.05, 3.63) is 97.2 Å². The zero-order chi connectivity index (χ0) is 37.1. The van der Waals surface area contributed by atoms with E-state index in [1.165, 1.54) is 0 Å². The van der Waals surface area contributed by atoms with Crippen LogP contribution in [0.5, 0.6) is 0 Å². The van der Waals surface area contributed by atoms with Crippen LogP contribution in [0, 0.1) is 0 Å². The average molecular weight is 697 g/mol. The molecule has 0 aliphatic heterocycles. The molecular weight excluding hydrogens is 630 g/mol. The van der Waals surface area contributed by atoms with E-state index in [0.717, 1.165) is 51.4 Å². The van der Waals surface area contributed by atoms with Crippen molar-refractivity contribution in [2.75, 3.05) is 41.0 Å². The molecule has 0 aliphatic rings. The Bertz CT molecular complexity index is 1140. The highest BCUT2D eigenvalue weighted by Gasteiger charge is 2.31. The van der Waals surface area contributed by atoms with E-state index < -0.39 is 24.1 Å². The molecule has 0 rings (SSSR count). The normalized spacial score (nSPS) is 14.2. The topological polar surface area (TPSA) is 99.1 Å². The molecule has 8 heteroatoms. The predicted octanol–water partition coefficient (Wildman–Crippen LogP) is 9.18. The van der Waals surface area contributed by atoms with E-state index in [2.05, 4.69) is 86.8 Å². The summed E-state index contributed by atoms with van der Waals surface area (Å²) in [5.74, 6) is -1.70. The van der Waals surface area contributed by atoms with E-state index >= 15 is 0 Å². The number of likely N-dealkylation sites (N-methyl/N-ethyl adjacent to an activating group) is 1. The number of carbonyl (C=O) groups is 3. The Morgan fingerprint density at radius 1 is 0.580 bits per heavy atom. The minimum Gasteiger partial charge on any atom is -0.477 e. The smallest absolute Gasteiger partial charge is 0.362 e. The van der Waals surface area contributed by atoms with Gasteiger partial charge in [-0.15, -0.1) is 0 Å². The van der Waals surface area contributed by atoms with Crippen LogP contribution in [0.2, 0.25) is 0 Å². The minimum atomic E-state index is -0.901. The summed E-state index contributed by atoms with van der Waals surface area (Å²) in [4.78, 5) is 36.7. The number of hydrogen-bond acceptors (Lipinski definition) is 6. The number of nitrogens with zero attached hydrogens (tertiary/aromatic N) is 1. The van der Waals surface area contributed by atoms with E-state index in [9.17, 15) is 19.5 Å². The van der Waals surface area contributed by atoms with Crippen molar-refractivity contribution in [2.24, 2.45) is 0 Å². The van der Waals surface area contributed by atoms with Crippen LogP contribution in [0.15, 0.2) is 97.2 Å². The molecule has 0 saturated heterocycles. The van der Waals surface area contributed by atoms with Crippen molar-refractivity contribution < 1.29 is 38.2 Å². The second-order valence-corrected chi connectivity index (χ2v) is 12.7. The van der Waals surface area contributed by atoms with E-state index in [0.29, 0.717) is 19.3 Å². The molecule has 0 fully saturated rings. The number of carboxylic acid groups (broad SMARTS) is 1. The van der Waals surface area contributed by atoms with Crippen LogP contribution in [-0.2, 0) is 28.6 Å². The van der Waals surface area contributed by atoms with Crippen LogP contribution in [0.1, 0.15) is 97.3 Å². The fourth-order valence-electron chi connectivity index (χ4n) is 4.47. The molecule has 0 amide bonds. The molecule has 2 atom stereocenters. The van der Waals surface area contributed by atoms with Gasteiger partial charge in [-0.2, -0.15) is 0 Å². The molecule has 0 aromatic carbocycles. The van der Waals surface area contributed by atoms with Gasteiger partial charge in [-0.3, -0.25) is 9.59 Å². The van der Waals surface area contributed by atoms with E-state index in [4.69, 9.17) is 14.2 Å². The fraction of sp³-hybridized carbons (Fsp3) is 0.548. The molecule has 0 aliphatic carbocycles. The first-order valence-corrected chi connectivity index (χ1v) is 18.3. The number of allylic oxidation sites excluding steroid dienone is 16. The van der Waals surface area contributed by atoms with Gasteiger partial charge in [-0.25, -0.2) is 4.79 Å². The van der Waals surface area contributed by atoms with Gasteiger partial charge < -0.3 is 23.8 Å². The second-order valence-electron chi connectivity index (χ2n) is 12.7. The molecule has 0 radical (unpaired) electrons. The fourth-order valence-corrected chi connectivity index (χ4v) is 4.47. The highest BCUT2D eigenvalue weighted by molar-refractivity contribution is 5.72. The Morgan fingerprint density at radius 3 is 1.38 bits per heavy atom. The van der Waals surface area contributed by atoms with Crippen molar-refractivity contribution >= 4 is 17.9 Å². The van der Waals surface area contributed by atoms with Crippen molar-refractivity contribution in [1.29, 1.82) is 0 Å². The monoisotopic (exact) mass is 696 g/mol. The van der Waals surface area contributed by atoms with Gasteiger partial charge in [0.15, 0.2) is 12.1 Å². The second kappa shape index (κ2) is 32.5. The maximum atomic E-state index is 12.6. The summed E-state index contributed by atoms with van der Waals surface area (Å²) < 4.78 is 17.0. The Labute approximate surface area is 303 Å². The lowest BCUT2D eigenvalue weighted by Gasteiger charge is -2.31. The number of carbonyl (C=O) groups excluding carboxylic acids is 2. The summed E-state index contributed by atoms with van der Waals surface area (Å²) in [6.07, 6.45) is 42.0. The quantitative estimate of drug-likeness (QED) is 0.0346. The minimum absolute atomic E-state index is 0.00331. The number of rotatable bonds is 30. The molecule has 1 N–H and O–H groups in total. The van der Waals surface area contributed by atoms with E-state index in [-0.39, 0.29) is 43.1 Å².